The average molecular weight is 480 g/mol. The molecule has 4 N–H and O–H groups in total. The Kier molecular flexibility index (Phi) is 11.9. The maximum atomic E-state index is 13.8. The molecular weight excluding hydrogens is 438 g/mol. The SMILES string of the molecule is CCCCNC(=O)C(c1ccc(O)cc1)N(CCO)C(=O)C(NC(=O)OC(C)(C)C)C(C)CC. The third-order valence-corrected chi connectivity index (χ3v) is 5.37. The lowest BCUT2D eigenvalue weighted by atomic mass is 9.95. The number of amides is 3. The molecule has 0 radical (unpaired) electrons. The Morgan fingerprint density at radius 2 is 1.74 bits per heavy atom. The number of benzene rings is 1. The van der Waals surface area contributed by atoms with Crippen molar-refractivity contribution >= 4 is 17.9 Å². The summed E-state index contributed by atoms with van der Waals surface area (Å²) in [6.07, 6.45) is 1.52. The van der Waals surface area contributed by atoms with Crippen molar-refractivity contribution in [3.63, 3.8) is 0 Å². The fourth-order valence-corrected chi connectivity index (χ4v) is 3.39. The van der Waals surface area contributed by atoms with Crippen molar-refractivity contribution in [2.75, 3.05) is 19.7 Å². The zero-order chi connectivity index (χ0) is 25.9. The molecule has 1 rings (SSSR count). The summed E-state index contributed by atoms with van der Waals surface area (Å²) >= 11 is 0. The van der Waals surface area contributed by atoms with Crippen LogP contribution in [0, 0.1) is 5.92 Å². The number of phenols is 1. The van der Waals surface area contributed by atoms with E-state index in [1.54, 1.807) is 32.9 Å². The molecule has 1 aromatic rings. The first-order valence-electron chi connectivity index (χ1n) is 11.9. The van der Waals surface area contributed by atoms with Crippen molar-refractivity contribution in [3.05, 3.63) is 29.8 Å². The van der Waals surface area contributed by atoms with Crippen molar-refractivity contribution in [3.8, 4) is 5.75 Å². The molecule has 0 bridgehead atoms. The summed E-state index contributed by atoms with van der Waals surface area (Å²) < 4.78 is 5.35. The Labute approximate surface area is 202 Å². The molecule has 0 fully saturated rings. The normalized spacial score (nSPS) is 14.0. The Hall–Kier alpha value is -2.81. The van der Waals surface area contributed by atoms with Gasteiger partial charge in [-0.05, 0) is 50.8 Å². The molecule has 0 saturated heterocycles. The van der Waals surface area contributed by atoms with E-state index in [9.17, 15) is 24.6 Å². The largest absolute Gasteiger partial charge is 0.508 e. The Morgan fingerprint density at radius 3 is 2.24 bits per heavy atom. The highest BCUT2D eigenvalue weighted by atomic mass is 16.6. The van der Waals surface area contributed by atoms with Crippen LogP contribution < -0.4 is 10.6 Å². The Morgan fingerprint density at radius 1 is 1.12 bits per heavy atom. The van der Waals surface area contributed by atoms with E-state index in [4.69, 9.17) is 4.74 Å². The highest BCUT2D eigenvalue weighted by Gasteiger charge is 2.37. The lowest BCUT2D eigenvalue weighted by Crippen LogP contribution is -2.55. The number of unbranched alkanes of at least 4 members (excludes halogenated alkanes) is 1. The second-order valence-corrected chi connectivity index (χ2v) is 9.40. The van der Waals surface area contributed by atoms with Gasteiger partial charge in [-0.3, -0.25) is 9.59 Å². The van der Waals surface area contributed by atoms with Crippen LogP contribution >= 0.6 is 0 Å². The van der Waals surface area contributed by atoms with Crippen molar-refractivity contribution in [1.82, 2.24) is 15.5 Å². The van der Waals surface area contributed by atoms with E-state index in [2.05, 4.69) is 10.6 Å². The van der Waals surface area contributed by atoms with E-state index < -0.39 is 35.6 Å². The quantitative estimate of drug-likeness (QED) is 0.341. The average Bonchev–Trinajstić information content (AvgIpc) is 2.76. The summed E-state index contributed by atoms with van der Waals surface area (Å²) in [5.41, 5.74) is -0.264. The molecule has 0 aliphatic rings. The maximum Gasteiger partial charge on any atom is 0.408 e. The number of hydrogen-bond donors (Lipinski definition) is 4. The van der Waals surface area contributed by atoms with Crippen LogP contribution in [0.15, 0.2) is 24.3 Å². The van der Waals surface area contributed by atoms with Crippen molar-refractivity contribution < 1.29 is 29.3 Å². The molecule has 34 heavy (non-hydrogen) atoms. The summed E-state index contributed by atoms with van der Waals surface area (Å²) in [4.78, 5) is 40.8. The molecule has 3 atom stereocenters. The first-order valence-corrected chi connectivity index (χ1v) is 11.9. The van der Waals surface area contributed by atoms with E-state index in [-0.39, 0.29) is 24.8 Å². The number of aromatic hydroxyl groups is 1. The van der Waals surface area contributed by atoms with Gasteiger partial charge in [-0.1, -0.05) is 45.7 Å². The van der Waals surface area contributed by atoms with E-state index in [1.165, 1.54) is 17.0 Å². The first-order chi connectivity index (χ1) is 15.9. The fourth-order valence-electron chi connectivity index (χ4n) is 3.39. The van der Waals surface area contributed by atoms with E-state index >= 15 is 0 Å². The van der Waals surface area contributed by atoms with Crippen LogP contribution in [-0.2, 0) is 14.3 Å². The van der Waals surface area contributed by atoms with Gasteiger partial charge in [0.1, 0.15) is 23.4 Å². The Bertz CT molecular complexity index is 791. The van der Waals surface area contributed by atoms with Crippen LogP contribution in [0.4, 0.5) is 4.79 Å². The minimum absolute atomic E-state index is 0.0259. The van der Waals surface area contributed by atoms with Crippen molar-refractivity contribution in [2.24, 2.45) is 5.92 Å². The number of carbonyl (C=O) groups excluding carboxylic acids is 3. The lowest BCUT2D eigenvalue weighted by molar-refractivity contribution is -0.144. The molecule has 192 valence electrons. The van der Waals surface area contributed by atoms with Crippen LogP contribution in [0.25, 0.3) is 0 Å². The predicted molar refractivity (Wildman–Crippen MR) is 130 cm³/mol. The van der Waals surface area contributed by atoms with Gasteiger partial charge in [0, 0.05) is 13.1 Å². The number of rotatable bonds is 12. The van der Waals surface area contributed by atoms with Gasteiger partial charge in [0.2, 0.25) is 11.8 Å². The number of aliphatic hydroxyl groups excluding tert-OH is 1. The molecule has 9 nitrogen and oxygen atoms in total. The van der Waals surface area contributed by atoms with Crippen molar-refractivity contribution in [2.45, 2.75) is 78.5 Å². The van der Waals surface area contributed by atoms with Crippen molar-refractivity contribution in [1.29, 1.82) is 0 Å². The molecular formula is C25H41N3O6. The zero-order valence-electron chi connectivity index (χ0n) is 21.3. The van der Waals surface area contributed by atoms with Crippen LogP contribution in [0.5, 0.6) is 5.75 Å². The van der Waals surface area contributed by atoms with Gasteiger partial charge in [-0.2, -0.15) is 0 Å². The van der Waals surface area contributed by atoms with Gasteiger partial charge in [-0.25, -0.2) is 4.79 Å². The second-order valence-electron chi connectivity index (χ2n) is 9.40. The molecule has 3 unspecified atom stereocenters. The van der Waals surface area contributed by atoms with Gasteiger partial charge in [0.25, 0.3) is 0 Å². The monoisotopic (exact) mass is 479 g/mol. The predicted octanol–water partition coefficient (Wildman–Crippen LogP) is 3.11. The standard InChI is InChI=1S/C25H41N3O6/c1-7-9-14-26-22(31)21(18-10-12-19(30)13-11-18)28(15-16-29)23(32)20(17(3)8-2)27-24(33)34-25(4,5)6/h10-13,17,20-21,29-30H,7-9,14-16H2,1-6H3,(H,26,31)(H,27,33). The smallest absolute Gasteiger partial charge is 0.408 e. The molecule has 3 amide bonds. The number of alkyl carbamates (subject to hydrolysis) is 1. The molecule has 0 aliphatic heterocycles. The third kappa shape index (κ3) is 9.21. The summed E-state index contributed by atoms with van der Waals surface area (Å²) in [6, 6.07) is 3.99. The van der Waals surface area contributed by atoms with Gasteiger partial charge in [-0.15, -0.1) is 0 Å². The van der Waals surface area contributed by atoms with Gasteiger partial charge >= 0.3 is 6.09 Å². The number of hydrogen-bond acceptors (Lipinski definition) is 6. The third-order valence-electron chi connectivity index (χ3n) is 5.37. The lowest BCUT2D eigenvalue weighted by Gasteiger charge is -2.35. The highest BCUT2D eigenvalue weighted by molar-refractivity contribution is 5.92. The van der Waals surface area contributed by atoms with Crippen LogP contribution in [0.3, 0.4) is 0 Å². The number of phenolic OH excluding ortho intramolecular Hbond substituents is 1. The zero-order valence-corrected chi connectivity index (χ0v) is 21.3. The van der Waals surface area contributed by atoms with E-state index in [0.29, 0.717) is 18.5 Å². The molecule has 0 saturated carbocycles. The number of nitrogens with one attached hydrogen (secondary N) is 2. The summed E-state index contributed by atoms with van der Waals surface area (Å²) in [5, 5.41) is 25.0. The van der Waals surface area contributed by atoms with Crippen LogP contribution in [-0.4, -0.2) is 64.4 Å². The summed E-state index contributed by atoms with van der Waals surface area (Å²) in [6.45, 7) is 10.9. The Balaban J connectivity index is 3.37. The molecule has 1 aromatic carbocycles. The molecule has 9 heteroatoms. The number of nitrogens with zero attached hydrogens (tertiary/aromatic N) is 1. The summed E-state index contributed by atoms with van der Waals surface area (Å²) in [7, 11) is 0. The van der Waals surface area contributed by atoms with Gasteiger partial charge in [0.15, 0.2) is 0 Å². The minimum atomic E-state index is -1.05. The van der Waals surface area contributed by atoms with Gasteiger partial charge < -0.3 is 30.5 Å². The maximum absolute atomic E-state index is 13.8. The molecule has 0 aromatic heterocycles. The number of ether oxygens (including phenoxy) is 1. The summed E-state index contributed by atoms with van der Waals surface area (Å²) in [5.74, 6) is -1.14. The van der Waals surface area contributed by atoms with Crippen LogP contribution in [0.1, 0.15) is 72.4 Å². The highest BCUT2D eigenvalue weighted by Crippen LogP contribution is 2.26. The first kappa shape index (κ1) is 29.2. The molecule has 0 heterocycles. The number of aliphatic hydroxyl groups is 1. The topological polar surface area (TPSA) is 128 Å². The van der Waals surface area contributed by atoms with E-state index in [0.717, 1.165) is 12.8 Å². The van der Waals surface area contributed by atoms with Crippen LogP contribution in [0.2, 0.25) is 0 Å². The second kappa shape index (κ2) is 13.8. The minimum Gasteiger partial charge on any atom is -0.508 e. The van der Waals surface area contributed by atoms with Gasteiger partial charge in [0.05, 0.1) is 6.61 Å². The van der Waals surface area contributed by atoms with E-state index in [1.807, 2.05) is 20.8 Å². The molecule has 0 aliphatic carbocycles. The number of carbonyl (C=O) groups is 3. The fraction of sp³-hybridized carbons (Fsp3) is 0.640. The molecule has 0 spiro atoms.